The maximum atomic E-state index is 10.7. The van der Waals surface area contributed by atoms with Crippen LogP contribution >= 0.6 is 11.6 Å². The molecule has 1 aliphatic rings. The Labute approximate surface area is 92.1 Å². The Morgan fingerprint density at radius 2 is 2.20 bits per heavy atom. The fourth-order valence-electron chi connectivity index (χ4n) is 1.24. The van der Waals surface area contributed by atoms with Crippen molar-refractivity contribution in [2.24, 2.45) is 0 Å². The first-order valence-corrected chi connectivity index (χ1v) is 4.93. The second kappa shape index (κ2) is 4.40. The van der Waals surface area contributed by atoms with Gasteiger partial charge in [-0.15, -0.1) is 0 Å². The van der Waals surface area contributed by atoms with Crippen molar-refractivity contribution in [1.82, 2.24) is 5.32 Å². The molecule has 0 aromatic heterocycles. The number of ether oxygens (including phenoxy) is 2. The predicted molar refractivity (Wildman–Crippen MR) is 55.2 cm³/mol. The van der Waals surface area contributed by atoms with Crippen LogP contribution < -0.4 is 10.1 Å². The number of hydrogen-bond acceptors (Lipinski definition) is 3. The van der Waals surface area contributed by atoms with Crippen LogP contribution in [0.2, 0.25) is 5.02 Å². The number of hydrogen-bond donors (Lipinski definition) is 1. The molecule has 1 saturated heterocycles. The summed E-state index contributed by atoms with van der Waals surface area (Å²) in [5.74, 6) is 0.723. The van der Waals surface area contributed by atoms with Gasteiger partial charge in [-0.3, -0.25) is 0 Å². The average molecular weight is 228 g/mol. The number of benzene rings is 1. The third kappa shape index (κ3) is 2.76. The number of halogens is 1. The molecule has 1 amide bonds. The summed E-state index contributed by atoms with van der Waals surface area (Å²) in [6.45, 7) is 0.750. The Morgan fingerprint density at radius 1 is 1.47 bits per heavy atom. The molecule has 4 nitrogen and oxygen atoms in total. The monoisotopic (exact) mass is 227 g/mol. The lowest BCUT2D eigenvalue weighted by Gasteiger charge is -2.09. The van der Waals surface area contributed by atoms with Crippen LogP contribution in [0.25, 0.3) is 0 Å². The van der Waals surface area contributed by atoms with E-state index >= 15 is 0 Å². The molecule has 0 saturated carbocycles. The van der Waals surface area contributed by atoms with Gasteiger partial charge in [-0.1, -0.05) is 11.6 Å². The van der Waals surface area contributed by atoms with Gasteiger partial charge in [0.05, 0.1) is 0 Å². The number of rotatable bonds is 3. The Bertz CT molecular complexity index is 352. The summed E-state index contributed by atoms with van der Waals surface area (Å²) in [5.41, 5.74) is 0. The summed E-state index contributed by atoms with van der Waals surface area (Å²) in [6.07, 6.45) is -0.389. The van der Waals surface area contributed by atoms with Gasteiger partial charge in [-0.25, -0.2) is 4.79 Å². The predicted octanol–water partition coefficient (Wildman–Crippen LogP) is 1.83. The third-order valence-electron chi connectivity index (χ3n) is 2.00. The normalized spacial score (nSPS) is 19.5. The first-order valence-electron chi connectivity index (χ1n) is 4.56. The van der Waals surface area contributed by atoms with Gasteiger partial charge in [0.1, 0.15) is 25.0 Å². The zero-order valence-electron chi connectivity index (χ0n) is 7.90. The molecule has 1 heterocycles. The molecule has 0 spiro atoms. The van der Waals surface area contributed by atoms with Gasteiger partial charge in [0.15, 0.2) is 0 Å². The maximum absolute atomic E-state index is 10.7. The molecule has 80 valence electrons. The number of carbonyl (C=O) groups is 1. The SMILES string of the molecule is O=C1NC(COc2ccc(Cl)cc2)CO1. The Balaban J connectivity index is 1.83. The van der Waals surface area contributed by atoms with E-state index < -0.39 is 0 Å². The van der Waals surface area contributed by atoms with Gasteiger partial charge >= 0.3 is 6.09 Å². The number of carbonyl (C=O) groups excluding carboxylic acids is 1. The van der Waals surface area contributed by atoms with E-state index in [1.54, 1.807) is 24.3 Å². The highest BCUT2D eigenvalue weighted by Crippen LogP contribution is 2.15. The largest absolute Gasteiger partial charge is 0.491 e. The van der Waals surface area contributed by atoms with E-state index in [0.717, 1.165) is 5.75 Å². The number of alkyl carbamates (subject to hydrolysis) is 1. The van der Waals surface area contributed by atoms with E-state index in [1.165, 1.54) is 0 Å². The molecule has 0 bridgehead atoms. The van der Waals surface area contributed by atoms with Crippen LogP contribution in [0.3, 0.4) is 0 Å². The number of amides is 1. The zero-order valence-corrected chi connectivity index (χ0v) is 8.66. The van der Waals surface area contributed by atoms with Gasteiger partial charge in [0, 0.05) is 5.02 Å². The molecule has 1 aromatic carbocycles. The molecule has 1 fully saturated rings. The topological polar surface area (TPSA) is 47.6 Å². The van der Waals surface area contributed by atoms with Crippen molar-refractivity contribution < 1.29 is 14.3 Å². The van der Waals surface area contributed by atoms with Crippen molar-refractivity contribution in [3.8, 4) is 5.75 Å². The quantitative estimate of drug-likeness (QED) is 0.857. The highest BCUT2D eigenvalue weighted by atomic mass is 35.5. The van der Waals surface area contributed by atoms with Gasteiger partial charge < -0.3 is 14.8 Å². The van der Waals surface area contributed by atoms with Crippen LogP contribution in [0.5, 0.6) is 5.75 Å². The van der Waals surface area contributed by atoms with E-state index in [1.807, 2.05) is 0 Å². The molecule has 15 heavy (non-hydrogen) atoms. The lowest BCUT2D eigenvalue weighted by molar-refractivity contribution is 0.174. The summed E-state index contributed by atoms with van der Waals surface area (Å²) < 4.78 is 10.2. The lowest BCUT2D eigenvalue weighted by atomic mass is 10.3. The molecule has 1 aliphatic heterocycles. The van der Waals surface area contributed by atoms with Crippen molar-refractivity contribution in [3.63, 3.8) is 0 Å². The smallest absolute Gasteiger partial charge is 0.407 e. The highest BCUT2D eigenvalue weighted by Gasteiger charge is 2.22. The van der Waals surface area contributed by atoms with Crippen molar-refractivity contribution in [2.75, 3.05) is 13.2 Å². The second-order valence-corrected chi connectivity index (χ2v) is 3.64. The molecule has 1 unspecified atom stereocenters. The Kier molecular flexibility index (Phi) is 2.97. The van der Waals surface area contributed by atoms with E-state index in [-0.39, 0.29) is 12.1 Å². The number of cyclic esters (lactones) is 1. The molecule has 5 heteroatoms. The Morgan fingerprint density at radius 3 is 2.80 bits per heavy atom. The fraction of sp³-hybridized carbons (Fsp3) is 0.300. The van der Waals surface area contributed by atoms with E-state index in [0.29, 0.717) is 18.2 Å². The molecule has 1 atom stereocenters. The molecule has 2 rings (SSSR count). The molecule has 0 radical (unpaired) electrons. The van der Waals surface area contributed by atoms with E-state index in [2.05, 4.69) is 5.32 Å². The van der Waals surface area contributed by atoms with Crippen LogP contribution in [0.1, 0.15) is 0 Å². The van der Waals surface area contributed by atoms with Crippen molar-refractivity contribution in [2.45, 2.75) is 6.04 Å². The minimum Gasteiger partial charge on any atom is -0.491 e. The molecular formula is C10H10ClNO3. The zero-order chi connectivity index (χ0) is 10.7. The summed E-state index contributed by atoms with van der Waals surface area (Å²) in [7, 11) is 0. The minimum atomic E-state index is -0.389. The fourth-order valence-corrected chi connectivity index (χ4v) is 1.37. The van der Waals surface area contributed by atoms with Crippen LogP contribution in [0, 0.1) is 0 Å². The molecular weight excluding hydrogens is 218 g/mol. The van der Waals surface area contributed by atoms with Crippen LogP contribution in [-0.4, -0.2) is 25.3 Å². The summed E-state index contributed by atoms with van der Waals surface area (Å²) >= 11 is 5.73. The maximum Gasteiger partial charge on any atom is 0.407 e. The summed E-state index contributed by atoms with van der Waals surface area (Å²) in [6, 6.07) is 6.98. The number of nitrogens with one attached hydrogen (secondary N) is 1. The molecule has 0 aliphatic carbocycles. The summed E-state index contributed by atoms with van der Waals surface area (Å²) in [4.78, 5) is 10.7. The van der Waals surface area contributed by atoms with E-state index in [4.69, 9.17) is 21.1 Å². The van der Waals surface area contributed by atoms with Gasteiger partial charge in [0.2, 0.25) is 0 Å². The second-order valence-electron chi connectivity index (χ2n) is 3.20. The Hall–Kier alpha value is -1.42. The van der Waals surface area contributed by atoms with Crippen molar-refractivity contribution in [1.29, 1.82) is 0 Å². The van der Waals surface area contributed by atoms with E-state index in [9.17, 15) is 4.79 Å². The van der Waals surface area contributed by atoms with Gasteiger partial charge in [-0.2, -0.15) is 0 Å². The molecule has 1 aromatic rings. The third-order valence-corrected chi connectivity index (χ3v) is 2.25. The minimum absolute atomic E-state index is 0.0758. The lowest BCUT2D eigenvalue weighted by Crippen LogP contribution is -2.32. The van der Waals surface area contributed by atoms with Gasteiger partial charge in [0.25, 0.3) is 0 Å². The van der Waals surface area contributed by atoms with Crippen molar-refractivity contribution >= 4 is 17.7 Å². The van der Waals surface area contributed by atoms with Gasteiger partial charge in [-0.05, 0) is 24.3 Å². The average Bonchev–Trinajstić information content (AvgIpc) is 2.64. The first-order chi connectivity index (χ1) is 7.24. The standard InChI is InChI=1S/C10H10ClNO3/c11-7-1-3-9(4-2-7)14-5-8-6-15-10(13)12-8/h1-4,8H,5-6H2,(H,12,13). The molecule has 1 N–H and O–H groups in total. The first kappa shape index (κ1) is 10.1. The van der Waals surface area contributed by atoms with Crippen LogP contribution in [0.4, 0.5) is 4.79 Å². The highest BCUT2D eigenvalue weighted by molar-refractivity contribution is 6.30. The van der Waals surface area contributed by atoms with Crippen LogP contribution in [-0.2, 0) is 4.74 Å². The van der Waals surface area contributed by atoms with Crippen LogP contribution in [0.15, 0.2) is 24.3 Å². The van der Waals surface area contributed by atoms with Crippen molar-refractivity contribution in [3.05, 3.63) is 29.3 Å². The summed E-state index contributed by atoms with van der Waals surface area (Å²) in [5, 5.41) is 3.29.